The standard InChI is InChI=1S/C20H39N2.C4HF9O3S/c1-3-5-7-8-9-10-11-12-13-15-17-22-19-18-21(20-22)16-14-6-4-2;5-1(6,3(9,10)11)2(7,8)4(12,13)17(14,15)16/h18-20H,3-17H2,1-2H3;(H,14,15,16)/q+1;/p-1. The molecule has 0 amide bonds. The molecule has 0 radical (unpaired) electrons. The first-order chi connectivity index (χ1) is 17.9. The highest BCUT2D eigenvalue weighted by Crippen LogP contribution is 2.54. The number of imidazole rings is 1. The fourth-order valence-electron chi connectivity index (χ4n) is 3.55. The van der Waals surface area contributed by atoms with Crippen molar-refractivity contribution in [1.29, 1.82) is 0 Å². The van der Waals surface area contributed by atoms with Crippen LogP contribution in [0.2, 0.25) is 0 Å². The van der Waals surface area contributed by atoms with Gasteiger partial charge >= 0.3 is 23.3 Å². The summed E-state index contributed by atoms with van der Waals surface area (Å²) in [7, 11) is -7.42. The molecule has 0 saturated carbocycles. The smallest absolute Gasteiger partial charge is 0.460 e. The summed E-state index contributed by atoms with van der Waals surface area (Å²) >= 11 is 0. The Morgan fingerprint density at radius 2 is 1.13 bits per heavy atom. The molecule has 1 rings (SSSR count). The second kappa shape index (κ2) is 16.7. The first-order valence-electron chi connectivity index (χ1n) is 13.1. The molecule has 0 bridgehead atoms. The minimum Gasteiger partial charge on any atom is -0.743 e. The zero-order chi connectivity index (χ0) is 30.4. The number of unbranched alkanes of at least 4 members (excludes halogenated alkanes) is 11. The van der Waals surface area contributed by atoms with Crippen LogP contribution in [0.1, 0.15) is 97.3 Å². The van der Waals surface area contributed by atoms with Gasteiger partial charge in [0.05, 0.1) is 13.1 Å². The average molecular weight is 607 g/mol. The Bertz CT molecular complexity index is 905. The summed E-state index contributed by atoms with van der Waals surface area (Å²) in [5, 5.41) is -7.11. The molecule has 0 atom stereocenters. The topological polar surface area (TPSA) is 66.0 Å². The number of nitrogens with zero attached hydrogens (tertiary/aromatic N) is 2. The van der Waals surface area contributed by atoms with Crippen LogP contribution in [0.3, 0.4) is 0 Å². The highest BCUT2D eigenvalue weighted by atomic mass is 32.2. The first kappa shape index (κ1) is 37.5. The third kappa shape index (κ3) is 11.9. The van der Waals surface area contributed by atoms with Crippen LogP contribution in [0.15, 0.2) is 18.7 Å². The van der Waals surface area contributed by atoms with Crippen molar-refractivity contribution in [3.63, 3.8) is 0 Å². The maximum Gasteiger partial charge on any atom is 0.460 e. The van der Waals surface area contributed by atoms with Crippen molar-refractivity contribution in [2.24, 2.45) is 0 Å². The van der Waals surface area contributed by atoms with E-state index in [2.05, 4.69) is 41.7 Å². The van der Waals surface area contributed by atoms with Gasteiger partial charge in [-0.15, -0.1) is 0 Å². The van der Waals surface area contributed by atoms with E-state index in [0.717, 1.165) is 0 Å². The fraction of sp³-hybridized carbons (Fsp3) is 0.875. The predicted molar refractivity (Wildman–Crippen MR) is 127 cm³/mol. The molecule has 39 heavy (non-hydrogen) atoms. The summed E-state index contributed by atoms with van der Waals surface area (Å²) in [6.07, 6.45) is 17.7. The molecule has 0 aliphatic carbocycles. The lowest BCUT2D eigenvalue weighted by atomic mass is 10.1. The van der Waals surface area contributed by atoms with Gasteiger partial charge < -0.3 is 4.55 Å². The molecule has 0 aliphatic heterocycles. The number of hydrogen-bond acceptors (Lipinski definition) is 3. The summed E-state index contributed by atoms with van der Waals surface area (Å²) in [5.74, 6) is -14.8. The van der Waals surface area contributed by atoms with E-state index in [4.69, 9.17) is 0 Å². The third-order valence-electron chi connectivity index (χ3n) is 5.97. The highest BCUT2D eigenvalue weighted by Gasteiger charge is 2.83. The molecule has 0 saturated heterocycles. The van der Waals surface area contributed by atoms with E-state index in [1.54, 1.807) is 0 Å². The molecule has 0 N–H and O–H groups in total. The van der Waals surface area contributed by atoms with Gasteiger partial charge in [-0.3, -0.25) is 0 Å². The largest absolute Gasteiger partial charge is 0.743 e. The van der Waals surface area contributed by atoms with Crippen molar-refractivity contribution in [2.75, 3.05) is 0 Å². The molecule has 1 aromatic heterocycles. The Kier molecular flexibility index (Phi) is 16.0. The number of alkyl halides is 9. The van der Waals surface area contributed by atoms with Crippen molar-refractivity contribution in [3.05, 3.63) is 18.7 Å². The molecule has 0 unspecified atom stereocenters. The quantitative estimate of drug-likeness (QED) is 0.0740. The van der Waals surface area contributed by atoms with Gasteiger partial charge in [-0.1, -0.05) is 71.6 Å². The maximum atomic E-state index is 12.2. The zero-order valence-corrected chi connectivity index (χ0v) is 23.1. The normalized spacial score (nSPS) is 13.3. The van der Waals surface area contributed by atoms with Crippen molar-refractivity contribution in [1.82, 2.24) is 4.57 Å². The van der Waals surface area contributed by atoms with Gasteiger partial charge in [0.2, 0.25) is 6.33 Å². The van der Waals surface area contributed by atoms with Gasteiger partial charge in [-0.05, 0) is 25.7 Å². The first-order valence-corrected chi connectivity index (χ1v) is 14.5. The van der Waals surface area contributed by atoms with Gasteiger partial charge in [-0.25, -0.2) is 17.6 Å². The average Bonchev–Trinajstić information content (AvgIpc) is 3.27. The van der Waals surface area contributed by atoms with E-state index in [-0.39, 0.29) is 0 Å². The monoisotopic (exact) mass is 606 g/mol. The van der Waals surface area contributed by atoms with E-state index >= 15 is 0 Å². The minimum atomic E-state index is -7.43. The predicted octanol–water partition coefficient (Wildman–Crippen LogP) is 7.84. The van der Waals surface area contributed by atoms with Crippen LogP contribution >= 0.6 is 0 Å². The molecular weight excluding hydrogens is 567 g/mol. The van der Waals surface area contributed by atoms with Gasteiger partial charge in [0.25, 0.3) is 0 Å². The second-order valence-corrected chi connectivity index (χ2v) is 10.8. The van der Waals surface area contributed by atoms with Gasteiger partial charge in [0, 0.05) is 0 Å². The molecular formula is C24H39F9N2O3S. The Balaban J connectivity index is 0.000000768. The Hall–Kier alpha value is -1.51. The summed E-state index contributed by atoms with van der Waals surface area (Å²) < 4.78 is 140. The number of rotatable bonds is 18. The van der Waals surface area contributed by atoms with Crippen molar-refractivity contribution >= 4 is 10.1 Å². The summed E-state index contributed by atoms with van der Waals surface area (Å²) in [4.78, 5) is 0. The second-order valence-electron chi connectivity index (χ2n) is 9.40. The Labute approximate surface area is 224 Å². The van der Waals surface area contributed by atoms with Crippen LogP contribution < -0.4 is 4.57 Å². The van der Waals surface area contributed by atoms with Gasteiger partial charge in [-0.2, -0.15) is 39.5 Å². The van der Waals surface area contributed by atoms with E-state index in [1.807, 2.05) is 0 Å². The zero-order valence-electron chi connectivity index (χ0n) is 22.3. The van der Waals surface area contributed by atoms with Crippen LogP contribution in [0.4, 0.5) is 39.5 Å². The molecule has 1 heterocycles. The molecule has 5 nitrogen and oxygen atoms in total. The number of aryl methyl sites for hydroxylation is 2. The summed E-state index contributed by atoms with van der Waals surface area (Å²) in [6.45, 7) is 6.93. The number of hydrogen-bond donors (Lipinski definition) is 0. The lowest BCUT2D eigenvalue weighted by molar-refractivity contribution is -0.696. The van der Waals surface area contributed by atoms with Crippen LogP contribution in [0.25, 0.3) is 0 Å². The molecule has 1 aromatic rings. The lowest BCUT2D eigenvalue weighted by Crippen LogP contribution is -2.63. The molecule has 0 spiro atoms. The summed E-state index contributed by atoms with van der Waals surface area (Å²) in [5.41, 5.74) is 0. The Morgan fingerprint density at radius 1 is 0.692 bits per heavy atom. The van der Waals surface area contributed by atoms with Gasteiger partial charge in [0.15, 0.2) is 10.1 Å². The van der Waals surface area contributed by atoms with Crippen LogP contribution in [0.5, 0.6) is 0 Å². The van der Waals surface area contributed by atoms with Crippen molar-refractivity contribution in [2.45, 2.75) is 134 Å². The fourth-order valence-corrected chi connectivity index (χ4v) is 3.99. The van der Waals surface area contributed by atoms with E-state index in [9.17, 15) is 52.5 Å². The highest BCUT2D eigenvalue weighted by molar-refractivity contribution is 7.86. The van der Waals surface area contributed by atoms with E-state index in [0.29, 0.717) is 0 Å². The molecule has 15 heteroatoms. The van der Waals surface area contributed by atoms with Crippen LogP contribution in [0, 0.1) is 0 Å². The molecule has 0 aromatic carbocycles. The van der Waals surface area contributed by atoms with E-state index < -0.39 is 33.4 Å². The lowest BCUT2D eigenvalue weighted by Gasteiger charge is -2.34. The third-order valence-corrected chi connectivity index (χ3v) is 6.85. The number of aromatic nitrogens is 2. The SMILES string of the molecule is CCCCCCCCCCCCn1cc[n+](CCCCC)c1.O=S(=O)([O-])C(F)(F)C(F)(F)C(F)(F)C(F)(F)F. The molecule has 232 valence electrons. The van der Waals surface area contributed by atoms with Crippen molar-refractivity contribution in [3.8, 4) is 0 Å². The number of halogens is 9. The molecule has 0 aliphatic rings. The van der Waals surface area contributed by atoms with Crippen LogP contribution in [-0.2, 0) is 23.2 Å². The van der Waals surface area contributed by atoms with Crippen molar-refractivity contribution < 1.29 is 57.1 Å². The maximum absolute atomic E-state index is 12.2. The Morgan fingerprint density at radius 3 is 1.56 bits per heavy atom. The minimum absolute atomic E-state index is 1.18. The van der Waals surface area contributed by atoms with Gasteiger partial charge in [0.1, 0.15) is 12.4 Å². The van der Waals surface area contributed by atoms with Crippen LogP contribution in [-0.4, -0.2) is 40.8 Å². The van der Waals surface area contributed by atoms with E-state index in [1.165, 1.54) is 96.6 Å². The summed E-state index contributed by atoms with van der Waals surface area (Å²) in [6, 6.07) is 0. The molecule has 0 fully saturated rings.